The Morgan fingerprint density at radius 1 is 1.28 bits per heavy atom. The van der Waals surface area contributed by atoms with E-state index in [4.69, 9.17) is 5.11 Å². The molecule has 0 aliphatic heterocycles. The molecule has 0 saturated heterocycles. The molecule has 1 atom stereocenters. The van der Waals surface area contributed by atoms with E-state index >= 15 is 0 Å². The van der Waals surface area contributed by atoms with Gasteiger partial charge < -0.3 is 15.7 Å². The van der Waals surface area contributed by atoms with Crippen LogP contribution in [0.25, 0.3) is 0 Å². The third-order valence-corrected chi connectivity index (χ3v) is 2.61. The predicted octanol–water partition coefficient (Wildman–Crippen LogP) is 1.33. The summed E-state index contributed by atoms with van der Waals surface area (Å²) >= 11 is 0. The fraction of sp³-hybridized carbons (Fsp3) is 0.385. The number of hydrogen-bond acceptors (Lipinski definition) is 3. The van der Waals surface area contributed by atoms with Crippen LogP contribution in [0.5, 0.6) is 0 Å². The minimum Gasteiger partial charge on any atom is -0.481 e. The molecule has 0 aliphatic carbocycles. The van der Waals surface area contributed by atoms with Crippen LogP contribution in [0.3, 0.4) is 0 Å². The van der Waals surface area contributed by atoms with E-state index in [0.717, 1.165) is 5.69 Å². The topological polar surface area (TPSA) is 78.4 Å². The first-order valence-electron chi connectivity index (χ1n) is 5.92. The summed E-state index contributed by atoms with van der Waals surface area (Å²) in [6.07, 6.45) is 0.502. The van der Waals surface area contributed by atoms with Gasteiger partial charge in [0.15, 0.2) is 0 Å². The molecule has 3 N–H and O–H groups in total. The van der Waals surface area contributed by atoms with Crippen LogP contribution in [-0.2, 0) is 9.59 Å². The fourth-order valence-corrected chi connectivity index (χ4v) is 1.44. The van der Waals surface area contributed by atoms with Crippen LogP contribution in [0.1, 0.15) is 13.3 Å². The highest BCUT2D eigenvalue weighted by atomic mass is 16.4. The average Bonchev–Trinajstić information content (AvgIpc) is 2.38. The van der Waals surface area contributed by atoms with Crippen LogP contribution in [0.15, 0.2) is 30.3 Å². The number of benzene rings is 1. The summed E-state index contributed by atoms with van der Waals surface area (Å²) in [4.78, 5) is 22.2. The monoisotopic (exact) mass is 250 g/mol. The molecule has 0 aromatic heterocycles. The SMILES string of the molecule is CCC(CNC(=O)CNc1ccccc1)C(=O)O. The molecule has 1 aromatic rings. The Bertz CT molecular complexity index is 392. The molecule has 0 aliphatic rings. The Balaban J connectivity index is 2.28. The van der Waals surface area contributed by atoms with Crippen LogP contribution < -0.4 is 10.6 Å². The lowest BCUT2D eigenvalue weighted by molar-refractivity contribution is -0.141. The molecule has 1 rings (SSSR count). The number of para-hydroxylation sites is 1. The van der Waals surface area contributed by atoms with E-state index in [1.165, 1.54) is 0 Å². The van der Waals surface area contributed by atoms with Gasteiger partial charge in [-0.25, -0.2) is 0 Å². The van der Waals surface area contributed by atoms with E-state index in [1.807, 2.05) is 30.3 Å². The Hall–Kier alpha value is -2.04. The predicted molar refractivity (Wildman–Crippen MR) is 69.4 cm³/mol. The van der Waals surface area contributed by atoms with Gasteiger partial charge in [-0.3, -0.25) is 9.59 Å². The Kier molecular flexibility index (Phi) is 5.70. The number of carboxylic acids is 1. The number of hydrogen-bond donors (Lipinski definition) is 3. The van der Waals surface area contributed by atoms with Gasteiger partial charge in [0.1, 0.15) is 0 Å². The Morgan fingerprint density at radius 2 is 1.94 bits per heavy atom. The van der Waals surface area contributed by atoms with Crippen molar-refractivity contribution >= 4 is 17.6 Å². The second-order valence-electron chi connectivity index (χ2n) is 3.97. The molecule has 0 radical (unpaired) electrons. The highest BCUT2D eigenvalue weighted by Gasteiger charge is 2.15. The van der Waals surface area contributed by atoms with Gasteiger partial charge in [-0.05, 0) is 18.6 Å². The van der Waals surface area contributed by atoms with Gasteiger partial charge in [-0.2, -0.15) is 0 Å². The maximum atomic E-state index is 11.5. The summed E-state index contributed by atoms with van der Waals surface area (Å²) in [5.74, 6) is -1.61. The van der Waals surface area contributed by atoms with Crippen molar-refractivity contribution in [3.8, 4) is 0 Å². The summed E-state index contributed by atoms with van der Waals surface area (Å²) in [6.45, 7) is 2.09. The molecule has 0 fully saturated rings. The van der Waals surface area contributed by atoms with Gasteiger partial charge in [-0.15, -0.1) is 0 Å². The summed E-state index contributed by atoms with van der Waals surface area (Å²) in [7, 11) is 0. The van der Waals surface area contributed by atoms with Crippen LogP contribution in [0.4, 0.5) is 5.69 Å². The summed E-state index contributed by atoms with van der Waals surface area (Å²) < 4.78 is 0. The normalized spacial score (nSPS) is 11.6. The first kappa shape index (κ1) is 14.0. The molecule has 18 heavy (non-hydrogen) atoms. The highest BCUT2D eigenvalue weighted by Crippen LogP contribution is 2.04. The number of aliphatic carboxylic acids is 1. The van der Waals surface area contributed by atoms with Crippen LogP contribution >= 0.6 is 0 Å². The van der Waals surface area contributed by atoms with Crippen molar-refractivity contribution in [2.45, 2.75) is 13.3 Å². The van der Waals surface area contributed by atoms with Gasteiger partial charge in [0, 0.05) is 12.2 Å². The minimum absolute atomic E-state index is 0.139. The largest absolute Gasteiger partial charge is 0.481 e. The minimum atomic E-state index is -0.881. The maximum Gasteiger partial charge on any atom is 0.308 e. The molecule has 5 heteroatoms. The second-order valence-corrected chi connectivity index (χ2v) is 3.97. The molecular formula is C13H18N2O3. The van der Waals surface area contributed by atoms with Gasteiger partial charge >= 0.3 is 5.97 Å². The first-order valence-corrected chi connectivity index (χ1v) is 5.92. The quantitative estimate of drug-likeness (QED) is 0.682. The van der Waals surface area contributed by atoms with Crippen LogP contribution in [0, 0.1) is 5.92 Å². The van der Waals surface area contributed by atoms with E-state index in [1.54, 1.807) is 6.92 Å². The molecule has 0 spiro atoms. The van der Waals surface area contributed by atoms with Gasteiger partial charge in [0.25, 0.3) is 0 Å². The number of nitrogens with one attached hydrogen (secondary N) is 2. The first-order chi connectivity index (χ1) is 8.63. The van der Waals surface area contributed by atoms with E-state index in [-0.39, 0.29) is 19.0 Å². The average molecular weight is 250 g/mol. The van der Waals surface area contributed by atoms with E-state index in [9.17, 15) is 9.59 Å². The zero-order chi connectivity index (χ0) is 13.4. The van der Waals surface area contributed by atoms with Crippen molar-refractivity contribution < 1.29 is 14.7 Å². The zero-order valence-electron chi connectivity index (χ0n) is 10.3. The Labute approximate surface area is 106 Å². The van der Waals surface area contributed by atoms with E-state index in [0.29, 0.717) is 6.42 Å². The van der Waals surface area contributed by atoms with Crippen LogP contribution in [-0.4, -0.2) is 30.1 Å². The molecule has 5 nitrogen and oxygen atoms in total. The summed E-state index contributed by atoms with van der Waals surface area (Å²) in [6, 6.07) is 9.36. The number of rotatable bonds is 7. The standard InChI is InChI=1S/C13H18N2O3/c1-2-10(13(17)18)8-15-12(16)9-14-11-6-4-3-5-7-11/h3-7,10,14H,2,8-9H2,1H3,(H,15,16)(H,17,18). The molecule has 1 aromatic carbocycles. The highest BCUT2D eigenvalue weighted by molar-refractivity contribution is 5.81. The number of anilines is 1. The van der Waals surface area contributed by atoms with Crippen molar-refractivity contribution in [1.82, 2.24) is 5.32 Å². The molecule has 0 heterocycles. The van der Waals surface area contributed by atoms with E-state index < -0.39 is 11.9 Å². The fourth-order valence-electron chi connectivity index (χ4n) is 1.44. The van der Waals surface area contributed by atoms with Crippen molar-refractivity contribution in [2.75, 3.05) is 18.4 Å². The third-order valence-electron chi connectivity index (χ3n) is 2.61. The molecule has 98 valence electrons. The van der Waals surface area contributed by atoms with Gasteiger partial charge in [0.05, 0.1) is 12.5 Å². The zero-order valence-corrected chi connectivity index (χ0v) is 10.3. The lowest BCUT2D eigenvalue weighted by Gasteiger charge is -2.11. The number of amides is 1. The number of carboxylic acid groups (broad SMARTS) is 1. The molecular weight excluding hydrogens is 232 g/mol. The second kappa shape index (κ2) is 7.32. The molecule has 0 bridgehead atoms. The molecule has 1 unspecified atom stereocenters. The van der Waals surface area contributed by atoms with Crippen molar-refractivity contribution in [3.63, 3.8) is 0 Å². The van der Waals surface area contributed by atoms with Crippen molar-refractivity contribution in [1.29, 1.82) is 0 Å². The van der Waals surface area contributed by atoms with Crippen LogP contribution in [0.2, 0.25) is 0 Å². The molecule has 0 saturated carbocycles. The Morgan fingerprint density at radius 3 is 2.50 bits per heavy atom. The van der Waals surface area contributed by atoms with Crippen molar-refractivity contribution in [3.05, 3.63) is 30.3 Å². The van der Waals surface area contributed by atoms with Crippen molar-refractivity contribution in [2.24, 2.45) is 5.92 Å². The molecule has 1 amide bonds. The lowest BCUT2D eigenvalue weighted by atomic mass is 10.1. The van der Waals surface area contributed by atoms with Gasteiger partial charge in [-0.1, -0.05) is 25.1 Å². The lowest BCUT2D eigenvalue weighted by Crippen LogP contribution is -2.36. The summed E-state index contributed by atoms with van der Waals surface area (Å²) in [5, 5.41) is 14.4. The number of carbonyl (C=O) groups excluding carboxylic acids is 1. The third kappa shape index (κ3) is 4.86. The maximum absolute atomic E-state index is 11.5. The summed E-state index contributed by atoms with van der Waals surface area (Å²) in [5.41, 5.74) is 0.859. The van der Waals surface area contributed by atoms with Gasteiger partial charge in [0.2, 0.25) is 5.91 Å². The smallest absolute Gasteiger partial charge is 0.308 e. The number of carbonyl (C=O) groups is 2. The van der Waals surface area contributed by atoms with E-state index in [2.05, 4.69) is 10.6 Å².